The van der Waals surface area contributed by atoms with Crippen molar-refractivity contribution < 1.29 is 4.74 Å². The smallest absolute Gasteiger partial charge is 0.218 e. The summed E-state index contributed by atoms with van der Waals surface area (Å²) < 4.78 is 5.27. The molecule has 0 amide bonds. The molecule has 0 aliphatic heterocycles. The summed E-state index contributed by atoms with van der Waals surface area (Å²) in [6.07, 6.45) is 5.19. The van der Waals surface area contributed by atoms with E-state index in [0.717, 1.165) is 11.6 Å². The van der Waals surface area contributed by atoms with Gasteiger partial charge in [-0.25, -0.2) is 4.98 Å². The maximum atomic E-state index is 5.27. The van der Waals surface area contributed by atoms with E-state index in [0.29, 0.717) is 23.8 Å². The molecule has 2 atom stereocenters. The van der Waals surface area contributed by atoms with Crippen LogP contribution in [-0.4, -0.2) is 23.1 Å². The molecule has 1 aromatic heterocycles. The Morgan fingerprint density at radius 2 is 2.00 bits per heavy atom. The van der Waals surface area contributed by atoms with Crippen LogP contribution in [0.4, 0.5) is 5.82 Å². The lowest BCUT2D eigenvalue weighted by Crippen LogP contribution is -2.30. The zero-order chi connectivity index (χ0) is 13.8. The predicted octanol–water partition coefficient (Wildman–Crippen LogP) is 3.60. The average molecular weight is 263 g/mol. The van der Waals surface area contributed by atoms with Gasteiger partial charge in [-0.3, -0.25) is 0 Å². The Kier molecular flexibility index (Phi) is 4.61. The van der Waals surface area contributed by atoms with Crippen molar-refractivity contribution in [2.24, 2.45) is 5.92 Å². The fraction of sp³-hybridized carbons (Fsp3) is 0.733. The summed E-state index contributed by atoms with van der Waals surface area (Å²) in [6.45, 7) is 6.52. The molecule has 2 unspecified atom stereocenters. The number of aromatic nitrogens is 2. The molecule has 0 bridgehead atoms. The normalized spacial score (nSPS) is 23.4. The molecule has 0 radical (unpaired) electrons. The van der Waals surface area contributed by atoms with E-state index < -0.39 is 0 Å². The first-order chi connectivity index (χ1) is 9.10. The molecule has 1 saturated carbocycles. The molecule has 0 spiro atoms. The van der Waals surface area contributed by atoms with Crippen molar-refractivity contribution in [1.29, 1.82) is 0 Å². The number of rotatable bonds is 4. The van der Waals surface area contributed by atoms with Gasteiger partial charge in [0.05, 0.1) is 7.11 Å². The molecule has 0 saturated heterocycles. The molecule has 106 valence electrons. The van der Waals surface area contributed by atoms with E-state index in [-0.39, 0.29) is 0 Å². The van der Waals surface area contributed by atoms with Crippen LogP contribution in [0.1, 0.15) is 58.2 Å². The van der Waals surface area contributed by atoms with E-state index in [1.165, 1.54) is 25.7 Å². The standard InChI is InChI=1S/C15H25N3O/c1-10(2)15-17-13(9-14(18-15)19-4)16-12-8-6-5-7-11(12)3/h9-12H,5-8H2,1-4H3,(H,16,17,18). The lowest BCUT2D eigenvalue weighted by molar-refractivity contribution is 0.348. The number of anilines is 1. The Morgan fingerprint density at radius 3 is 2.63 bits per heavy atom. The Morgan fingerprint density at radius 1 is 1.26 bits per heavy atom. The van der Waals surface area contributed by atoms with E-state index >= 15 is 0 Å². The summed E-state index contributed by atoms with van der Waals surface area (Å²) in [7, 11) is 1.65. The Hall–Kier alpha value is -1.32. The van der Waals surface area contributed by atoms with Crippen molar-refractivity contribution in [3.63, 3.8) is 0 Å². The van der Waals surface area contributed by atoms with Crippen LogP contribution in [0.2, 0.25) is 0 Å². The van der Waals surface area contributed by atoms with Crippen molar-refractivity contribution in [2.45, 2.75) is 58.4 Å². The minimum atomic E-state index is 0.305. The van der Waals surface area contributed by atoms with Crippen molar-refractivity contribution >= 4 is 5.82 Å². The highest BCUT2D eigenvalue weighted by Crippen LogP contribution is 2.27. The maximum Gasteiger partial charge on any atom is 0.218 e. The second-order valence-corrected chi connectivity index (χ2v) is 5.82. The van der Waals surface area contributed by atoms with Gasteiger partial charge in [0, 0.05) is 18.0 Å². The highest BCUT2D eigenvalue weighted by atomic mass is 16.5. The van der Waals surface area contributed by atoms with Gasteiger partial charge in [0.25, 0.3) is 0 Å². The van der Waals surface area contributed by atoms with Crippen LogP contribution in [0.3, 0.4) is 0 Å². The van der Waals surface area contributed by atoms with Crippen LogP contribution in [0.15, 0.2) is 6.07 Å². The third-order valence-electron chi connectivity index (χ3n) is 3.89. The van der Waals surface area contributed by atoms with Crippen molar-refractivity contribution in [3.8, 4) is 5.88 Å². The van der Waals surface area contributed by atoms with Gasteiger partial charge < -0.3 is 10.1 Å². The number of methoxy groups -OCH3 is 1. The van der Waals surface area contributed by atoms with Crippen molar-refractivity contribution in [3.05, 3.63) is 11.9 Å². The zero-order valence-corrected chi connectivity index (χ0v) is 12.4. The number of nitrogens with zero attached hydrogens (tertiary/aromatic N) is 2. The number of hydrogen-bond acceptors (Lipinski definition) is 4. The highest BCUT2D eigenvalue weighted by Gasteiger charge is 2.22. The molecule has 1 aromatic rings. The van der Waals surface area contributed by atoms with Crippen LogP contribution in [0, 0.1) is 5.92 Å². The summed E-state index contributed by atoms with van der Waals surface area (Å²) in [5.74, 6) is 3.39. The number of nitrogens with one attached hydrogen (secondary N) is 1. The molecule has 1 aliphatic rings. The first kappa shape index (κ1) is 14.1. The predicted molar refractivity (Wildman–Crippen MR) is 77.7 cm³/mol. The third kappa shape index (κ3) is 3.58. The van der Waals surface area contributed by atoms with Gasteiger partial charge in [0.1, 0.15) is 11.6 Å². The highest BCUT2D eigenvalue weighted by molar-refractivity contribution is 5.40. The van der Waals surface area contributed by atoms with E-state index in [1.54, 1.807) is 7.11 Å². The molecule has 1 fully saturated rings. The fourth-order valence-electron chi connectivity index (χ4n) is 2.60. The molecule has 1 heterocycles. The molecule has 19 heavy (non-hydrogen) atoms. The first-order valence-corrected chi connectivity index (χ1v) is 7.29. The number of ether oxygens (including phenoxy) is 1. The average Bonchev–Trinajstić information content (AvgIpc) is 2.41. The summed E-state index contributed by atoms with van der Waals surface area (Å²) >= 11 is 0. The zero-order valence-electron chi connectivity index (χ0n) is 12.4. The molecule has 1 aliphatic carbocycles. The largest absolute Gasteiger partial charge is 0.481 e. The van der Waals surface area contributed by atoms with E-state index in [9.17, 15) is 0 Å². The third-order valence-corrected chi connectivity index (χ3v) is 3.89. The minimum absolute atomic E-state index is 0.305. The van der Waals surface area contributed by atoms with Crippen LogP contribution >= 0.6 is 0 Å². The molecule has 2 rings (SSSR count). The fourth-order valence-corrected chi connectivity index (χ4v) is 2.60. The molecular weight excluding hydrogens is 238 g/mol. The molecule has 1 N–H and O–H groups in total. The lowest BCUT2D eigenvalue weighted by Gasteiger charge is -2.30. The minimum Gasteiger partial charge on any atom is -0.481 e. The SMILES string of the molecule is COc1cc(NC2CCCCC2C)nc(C(C)C)n1. The number of hydrogen-bond donors (Lipinski definition) is 1. The van der Waals surface area contributed by atoms with Crippen molar-refractivity contribution in [1.82, 2.24) is 9.97 Å². The molecule has 4 nitrogen and oxygen atoms in total. The van der Waals surface area contributed by atoms with Gasteiger partial charge in [-0.1, -0.05) is 33.6 Å². The maximum absolute atomic E-state index is 5.27. The van der Waals surface area contributed by atoms with Gasteiger partial charge in [0.2, 0.25) is 5.88 Å². The Labute approximate surface area is 116 Å². The second-order valence-electron chi connectivity index (χ2n) is 5.82. The van der Waals surface area contributed by atoms with Gasteiger partial charge in [-0.2, -0.15) is 4.98 Å². The summed E-state index contributed by atoms with van der Waals surface area (Å²) in [5.41, 5.74) is 0. The van der Waals surface area contributed by atoms with E-state index in [4.69, 9.17) is 4.74 Å². The lowest BCUT2D eigenvalue weighted by atomic mass is 9.86. The summed E-state index contributed by atoms with van der Waals surface area (Å²) in [5, 5.41) is 3.57. The van der Waals surface area contributed by atoms with Gasteiger partial charge in [-0.15, -0.1) is 0 Å². The Bertz CT molecular complexity index is 420. The molecular formula is C15H25N3O. The quantitative estimate of drug-likeness (QED) is 0.901. The van der Waals surface area contributed by atoms with E-state index in [1.807, 2.05) is 6.07 Å². The first-order valence-electron chi connectivity index (χ1n) is 7.29. The monoisotopic (exact) mass is 263 g/mol. The van der Waals surface area contributed by atoms with Gasteiger partial charge >= 0.3 is 0 Å². The second kappa shape index (κ2) is 6.22. The van der Waals surface area contributed by atoms with Crippen LogP contribution in [0.5, 0.6) is 5.88 Å². The van der Waals surface area contributed by atoms with Crippen molar-refractivity contribution in [2.75, 3.05) is 12.4 Å². The topological polar surface area (TPSA) is 47.0 Å². The molecule has 0 aromatic carbocycles. The van der Waals surface area contributed by atoms with Crippen LogP contribution in [-0.2, 0) is 0 Å². The van der Waals surface area contributed by atoms with Crippen LogP contribution in [0.25, 0.3) is 0 Å². The Balaban J connectivity index is 2.16. The molecule has 4 heteroatoms. The van der Waals surface area contributed by atoms with Gasteiger partial charge in [0.15, 0.2) is 0 Å². The summed E-state index contributed by atoms with van der Waals surface area (Å²) in [4.78, 5) is 9.00. The van der Waals surface area contributed by atoms with Crippen LogP contribution < -0.4 is 10.1 Å². The van der Waals surface area contributed by atoms with E-state index in [2.05, 4.69) is 36.1 Å². The van der Waals surface area contributed by atoms with Gasteiger partial charge in [-0.05, 0) is 18.8 Å². The summed E-state index contributed by atoms with van der Waals surface area (Å²) in [6, 6.07) is 2.42.